The molecular weight excluding hydrogens is 1100 g/mol. The minimum absolute atomic E-state index is 0.207. The van der Waals surface area contributed by atoms with Crippen LogP contribution in [0.15, 0.2) is 60.9 Å². The van der Waals surface area contributed by atoms with Gasteiger partial charge in [0.1, 0.15) is 77.5 Å². The lowest BCUT2D eigenvalue weighted by atomic mass is 9.89. The van der Waals surface area contributed by atoms with E-state index in [2.05, 4.69) is 41.2 Å². The van der Waals surface area contributed by atoms with Gasteiger partial charge in [-0.2, -0.15) is 0 Å². The molecule has 442 valence electrons. The van der Waals surface area contributed by atoms with Gasteiger partial charge in [-0.3, -0.25) is 52.5 Å². The Balaban J connectivity index is 1.50. The largest absolute Gasteiger partial charge is 0.461 e. The minimum Gasteiger partial charge on any atom is -0.461 e. The molecule has 8 amide bonds. The number of cyclic esters (lactones) is 2. The molecule has 2 bridgehead atoms. The number of nitrogens with one attached hydrogen (secondary N) is 4. The van der Waals surface area contributed by atoms with Crippen LogP contribution in [0.1, 0.15) is 76.4 Å². The number of hydrogen-bond donors (Lipinski definition) is 4. The fourth-order valence-corrected chi connectivity index (χ4v) is 12.6. The molecule has 2 aliphatic rings. The molecular formula is C55H72N12O13S2. The van der Waals surface area contributed by atoms with Crippen molar-refractivity contribution in [2.75, 3.05) is 53.4 Å². The third-order valence-corrected chi connectivity index (χ3v) is 18.5. The van der Waals surface area contributed by atoms with Crippen molar-refractivity contribution in [2.45, 2.75) is 108 Å². The number of benzene rings is 2. The summed E-state index contributed by atoms with van der Waals surface area (Å²) in [7, 11) is 2.61. The normalized spacial score (nSPS) is 26.3. The van der Waals surface area contributed by atoms with Crippen molar-refractivity contribution in [3.8, 4) is 0 Å². The highest BCUT2D eigenvalue weighted by atomic mass is 32.2. The zero-order chi connectivity index (χ0) is 60.6. The molecule has 2 aromatic carbocycles. The number of carbonyl (C=O) groups is 10. The number of aromatic nitrogens is 4. The van der Waals surface area contributed by atoms with Crippen molar-refractivity contribution >= 4 is 104 Å². The Morgan fingerprint density at radius 3 is 1.39 bits per heavy atom. The Morgan fingerprint density at radius 2 is 0.988 bits per heavy atom. The number of carbonyl (C=O) groups excluding carboxylic acids is 10. The van der Waals surface area contributed by atoms with Crippen molar-refractivity contribution in [1.82, 2.24) is 60.8 Å². The van der Waals surface area contributed by atoms with Crippen molar-refractivity contribution in [2.24, 2.45) is 23.7 Å². The van der Waals surface area contributed by atoms with Gasteiger partial charge in [-0.25, -0.2) is 19.6 Å². The van der Waals surface area contributed by atoms with Gasteiger partial charge in [0.15, 0.2) is 0 Å². The number of thioether (sulfide) groups is 1. The molecule has 4 N–H and O–H groups in total. The maximum Gasteiger partial charge on any atom is 0.329 e. The molecule has 2 saturated heterocycles. The molecule has 2 aliphatic heterocycles. The van der Waals surface area contributed by atoms with Crippen LogP contribution in [0.4, 0.5) is 0 Å². The monoisotopic (exact) mass is 1170 g/mol. The predicted octanol–water partition coefficient (Wildman–Crippen LogP) is 0.923. The summed E-state index contributed by atoms with van der Waals surface area (Å²) in [4.78, 5) is 168. The zero-order valence-electron chi connectivity index (χ0n) is 48.1. The third-order valence-electron chi connectivity index (χ3n) is 15.2. The Hall–Kier alpha value is -7.68. The summed E-state index contributed by atoms with van der Waals surface area (Å²) < 4.78 is 25.6. The molecule has 82 heavy (non-hydrogen) atoms. The molecule has 6 rings (SSSR count). The van der Waals surface area contributed by atoms with Gasteiger partial charge < -0.3 is 50.3 Å². The highest BCUT2D eigenvalue weighted by Crippen LogP contribution is 2.29. The van der Waals surface area contributed by atoms with Crippen LogP contribution in [0.5, 0.6) is 0 Å². The van der Waals surface area contributed by atoms with E-state index in [0.717, 1.165) is 31.4 Å². The highest BCUT2D eigenvalue weighted by Gasteiger charge is 2.48. The number of hydrogen-bond acceptors (Lipinski definition) is 18. The topological polar surface area (TPSA) is 319 Å². The summed E-state index contributed by atoms with van der Waals surface area (Å²) in [6.07, 6.45) is 3.89. The Labute approximate surface area is 482 Å². The molecule has 0 aliphatic carbocycles. The zero-order valence-corrected chi connectivity index (χ0v) is 49.7. The number of rotatable bonds is 9. The van der Waals surface area contributed by atoms with E-state index in [9.17, 15) is 38.4 Å². The average Bonchev–Trinajstić information content (AvgIpc) is 3.68. The summed E-state index contributed by atoms with van der Waals surface area (Å²) in [6.45, 7) is 11.4. The first-order chi connectivity index (χ1) is 38.7. The van der Waals surface area contributed by atoms with Crippen molar-refractivity contribution in [3.05, 3.63) is 72.3 Å². The van der Waals surface area contributed by atoms with E-state index in [1.54, 1.807) is 90.1 Å². The van der Waals surface area contributed by atoms with Crippen LogP contribution in [-0.2, 0) is 58.6 Å². The standard InChI is InChI=1S/C55H72N12O13S2/c1-27(2)29(5)42-53(76)79-24-40(63-46(69)38-23-57-34-19-15-17-21-36(34)61-38)48(71)59-32(8)50(73)67(12)44-52(75)66(11)43(30(6)28(3)4)54(77)80-25-39(62-45(68)37-22-56-33-18-14-16-20-35(33)60-37)47(70)58-31(7)49(72)64(9)41(51(74)65(42)10)26-82(78)55(44)81-13/h14-23,27-32,39-44,55H,24-26H2,1-13H3,(H,58,70)(H,59,71)(H,62,68)(H,63,69). The lowest BCUT2D eigenvalue weighted by molar-refractivity contribution is -0.161. The van der Waals surface area contributed by atoms with Gasteiger partial charge in [0.05, 0.1) is 40.2 Å². The van der Waals surface area contributed by atoms with E-state index in [0.29, 0.717) is 22.1 Å². The summed E-state index contributed by atoms with van der Waals surface area (Å²) >= 11 is 0.884. The average molecular weight is 1170 g/mol. The van der Waals surface area contributed by atoms with E-state index in [1.807, 2.05) is 0 Å². The number of amides is 8. The maximum atomic E-state index is 15.5. The van der Waals surface area contributed by atoms with Crippen LogP contribution in [-0.4, -0.2) is 209 Å². The molecule has 4 aromatic rings. The van der Waals surface area contributed by atoms with E-state index >= 15 is 13.8 Å². The number of fused-ring (bicyclic) bond motifs is 6. The molecule has 27 heteroatoms. The number of para-hydroxylation sites is 4. The maximum absolute atomic E-state index is 15.5. The first-order valence-electron chi connectivity index (χ1n) is 26.6. The van der Waals surface area contributed by atoms with Crippen molar-refractivity contribution in [1.29, 1.82) is 0 Å². The molecule has 2 aromatic heterocycles. The number of likely N-dealkylation sites (N-methyl/N-ethyl adjacent to an activating group) is 4. The number of nitrogens with zero attached hydrogens (tertiary/aromatic N) is 8. The molecule has 2 fully saturated rings. The van der Waals surface area contributed by atoms with Gasteiger partial charge in [0, 0.05) is 39.0 Å². The van der Waals surface area contributed by atoms with Gasteiger partial charge in [-0.05, 0) is 68.0 Å². The SMILES string of the molecule is CSC1C2C(=O)N(C)C(C(C)C(C)C)C(=O)OCC(NC(=O)c3cnc4ccccc4n3)C(=O)NC(C)C(=O)N(C)C(CS1=O)C(=O)N(C)C(C(C)C(C)C)C(=O)OCC(NC(=O)c1cnc3ccccc3n1)C(=O)NC(C)C(=O)N2C. The Kier molecular flexibility index (Phi) is 21.2. The van der Waals surface area contributed by atoms with Gasteiger partial charge >= 0.3 is 11.9 Å². The summed E-state index contributed by atoms with van der Waals surface area (Å²) in [5.41, 5.74) is 1.26. The molecule has 0 radical (unpaired) electrons. The molecule has 0 spiro atoms. The van der Waals surface area contributed by atoms with E-state index in [1.165, 1.54) is 60.7 Å². The first-order valence-corrected chi connectivity index (χ1v) is 29.3. The quantitative estimate of drug-likeness (QED) is 0.169. The molecule has 4 heterocycles. The van der Waals surface area contributed by atoms with E-state index < -0.39 is 154 Å². The van der Waals surface area contributed by atoms with Crippen LogP contribution >= 0.6 is 11.8 Å². The number of esters is 2. The molecule has 0 saturated carbocycles. The van der Waals surface area contributed by atoms with E-state index in [-0.39, 0.29) is 23.2 Å². The van der Waals surface area contributed by atoms with Crippen LogP contribution < -0.4 is 21.3 Å². The second-order valence-corrected chi connectivity index (χ2v) is 24.1. The molecule has 25 nitrogen and oxygen atoms in total. The molecule has 12 atom stereocenters. The molecule has 12 unspecified atom stereocenters. The van der Waals surface area contributed by atoms with Crippen molar-refractivity contribution in [3.63, 3.8) is 0 Å². The smallest absolute Gasteiger partial charge is 0.329 e. The van der Waals surface area contributed by atoms with Gasteiger partial charge in [-0.1, -0.05) is 65.8 Å². The second-order valence-electron chi connectivity index (χ2n) is 21.3. The van der Waals surface area contributed by atoms with Crippen LogP contribution in [0.2, 0.25) is 0 Å². The van der Waals surface area contributed by atoms with Crippen LogP contribution in [0, 0.1) is 23.7 Å². The van der Waals surface area contributed by atoms with Crippen molar-refractivity contribution < 1.29 is 61.6 Å². The lowest BCUT2D eigenvalue weighted by Crippen LogP contribution is -2.62. The van der Waals surface area contributed by atoms with Gasteiger partial charge in [0.2, 0.25) is 35.4 Å². The van der Waals surface area contributed by atoms with Gasteiger partial charge in [0.25, 0.3) is 11.8 Å². The van der Waals surface area contributed by atoms with E-state index in [4.69, 9.17) is 9.47 Å². The second kappa shape index (κ2) is 27.4. The minimum atomic E-state index is -2.40. The lowest BCUT2D eigenvalue weighted by Gasteiger charge is -2.40. The van der Waals surface area contributed by atoms with Gasteiger partial charge in [-0.15, -0.1) is 11.8 Å². The first kappa shape index (κ1) is 63.5. The summed E-state index contributed by atoms with van der Waals surface area (Å²) in [5.74, 6) is -12.5. The van der Waals surface area contributed by atoms with Crippen LogP contribution in [0.3, 0.4) is 0 Å². The van der Waals surface area contributed by atoms with Crippen LogP contribution in [0.25, 0.3) is 22.1 Å². The summed E-state index contributed by atoms with van der Waals surface area (Å²) in [6, 6.07) is 0.559. The summed E-state index contributed by atoms with van der Waals surface area (Å²) in [5, 5.41) is 10.2. The third kappa shape index (κ3) is 14.3. The number of ether oxygens (including phenoxy) is 2. The Bertz CT molecular complexity index is 3130. The predicted molar refractivity (Wildman–Crippen MR) is 303 cm³/mol. The fourth-order valence-electron chi connectivity index (χ4n) is 9.46. The fraction of sp³-hybridized carbons (Fsp3) is 0.527. The Morgan fingerprint density at radius 1 is 0.598 bits per heavy atom. The highest BCUT2D eigenvalue weighted by molar-refractivity contribution is 8.11.